The van der Waals surface area contributed by atoms with Gasteiger partial charge in [0.15, 0.2) is 5.78 Å². The fourth-order valence-corrected chi connectivity index (χ4v) is 3.83. The third kappa shape index (κ3) is 1.54. The zero-order valence-electron chi connectivity index (χ0n) is 9.77. The molecule has 2 saturated carbocycles. The second-order valence-electron chi connectivity index (χ2n) is 5.27. The quantitative estimate of drug-likeness (QED) is 0.815. The number of carbonyl (C=O) groups excluding carboxylic acids is 1. The molecule has 1 aromatic heterocycles. The van der Waals surface area contributed by atoms with Crippen molar-refractivity contribution in [2.24, 2.45) is 30.5 Å². The van der Waals surface area contributed by atoms with E-state index in [0.29, 0.717) is 22.6 Å². The third-order valence-corrected chi connectivity index (χ3v) is 4.69. The van der Waals surface area contributed by atoms with E-state index in [0.717, 1.165) is 12.8 Å². The Bertz CT molecular complexity index is 449. The summed E-state index contributed by atoms with van der Waals surface area (Å²) < 4.78 is 1.56. The Hall–Kier alpha value is -0.870. The van der Waals surface area contributed by atoms with Gasteiger partial charge >= 0.3 is 0 Å². The summed E-state index contributed by atoms with van der Waals surface area (Å²) in [5.74, 6) is 1.01. The topological polar surface area (TPSA) is 60.9 Å². The van der Waals surface area contributed by atoms with E-state index in [1.807, 2.05) is 0 Å². The first-order chi connectivity index (χ1) is 8.09. The number of hydrogen-bond acceptors (Lipinski definition) is 3. The number of fused-ring (bicyclic) bond motifs is 2. The predicted octanol–water partition coefficient (Wildman–Crippen LogP) is 1.63. The van der Waals surface area contributed by atoms with Gasteiger partial charge in [-0.3, -0.25) is 9.48 Å². The van der Waals surface area contributed by atoms with Crippen LogP contribution in [0.25, 0.3) is 0 Å². The molecule has 0 aromatic carbocycles. The highest BCUT2D eigenvalue weighted by Crippen LogP contribution is 2.48. The number of halogens is 1. The Morgan fingerprint density at radius 2 is 2.24 bits per heavy atom. The van der Waals surface area contributed by atoms with Gasteiger partial charge < -0.3 is 5.73 Å². The normalized spacial score (nSPS) is 35.5. The molecular formula is C12H16ClN3O. The van der Waals surface area contributed by atoms with Crippen LogP contribution in [-0.2, 0) is 7.05 Å². The molecule has 17 heavy (non-hydrogen) atoms. The molecule has 0 amide bonds. The van der Waals surface area contributed by atoms with Crippen molar-refractivity contribution >= 4 is 17.4 Å². The highest BCUT2D eigenvalue weighted by molar-refractivity contribution is 6.33. The van der Waals surface area contributed by atoms with E-state index >= 15 is 0 Å². The van der Waals surface area contributed by atoms with Crippen molar-refractivity contribution in [3.8, 4) is 0 Å². The molecule has 0 saturated heterocycles. The molecule has 2 aliphatic carbocycles. The highest BCUT2D eigenvalue weighted by atomic mass is 35.5. The molecule has 1 aromatic rings. The number of carbonyl (C=O) groups is 1. The number of rotatable bonds is 2. The van der Waals surface area contributed by atoms with Gasteiger partial charge in [-0.15, -0.1) is 0 Å². The third-order valence-electron chi connectivity index (χ3n) is 4.41. The van der Waals surface area contributed by atoms with Gasteiger partial charge in [0, 0.05) is 19.0 Å². The van der Waals surface area contributed by atoms with Gasteiger partial charge in [0.1, 0.15) is 5.69 Å². The maximum atomic E-state index is 12.5. The summed E-state index contributed by atoms with van der Waals surface area (Å²) in [5, 5.41) is 4.46. The molecule has 5 heteroatoms. The standard InChI is InChI=1S/C12H16ClN3O/c1-16-11(8(13)5-15-16)12(17)9-6-2-3-7(4-6)10(9)14/h5-7,9-10H,2-4,14H2,1H3. The van der Waals surface area contributed by atoms with Crippen molar-refractivity contribution in [3.05, 3.63) is 16.9 Å². The average Bonchev–Trinajstić information content (AvgIpc) is 2.93. The fraction of sp³-hybridized carbons (Fsp3) is 0.667. The zero-order valence-corrected chi connectivity index (χ0v) is 10.5. The van der Waals surface area contributed by atoms with Crippen LogP contribution in [0.5, 0.6) is 0 Å². The SMILES string of the molecule is Cn1ncc(Cl)c1C(=O)C1C2CCC(C2)C1N. The molecule has 2 aliphatic rings. The first-order valence-corrected chi connectivity index (χ1v) is 6.44. The van der Waals surface area contributed by atoms with Crippen LogP contribution >= 0.6 is 11.6 Å². The molecule has 2 N–H and O–H groups in total. The van der Waals surface area contributed by atoms with Crippen molar-refractivity contribution in [1.82, 2.24) is 9.78 Å². The molecule has 2 fully saturated rings. The molecule has 4 atom stereocenters. The van der Waals surface area contributed by atoms with E-state index in [4.69, 9.17) is 17.3 Å². The largest absolute Gasteiger partial charge is 0.327 e. The molecule has 1 heterocycles. The molecule has 3 rings (SSSR count). The van der Waals surface area contributed by atoms with Crippen LogP contribution in [0, 0.1) is 17.8 Å². The van der Waals surface area contributed by atoms with Crippen LogP contribution in [0.2, 0.25) is 5.02 Å². The number of nitrogens with zero attached hydrogens (tertiary/aromatic N) is 2. The fourth-order valence-electron chi connectivity index (χ4n) is 3.57. The van der Waals surface area contributed by atoms with E-state index in [2.05, 4.69) is 5.10 Å². The molecule has 92 valence electrons. The van der Waals surface area contributed by atoms with Gasteiger partial charge in [0.25, 0.3) is 0 Å². The Morgan fingerprint density at radius 1 is 1.53 bits per heavy atom. The summed E-state index contributed by atoms with van der Waals surface area (Å²) >= 11 is 6.02. The second-order valence-corrected chi connectivity index (χ2v) is 5.67. The summed E-state index contributed by atoms with van der Waals surface area (Å²) in [4.78, 5) is 12.5. The van der Waals surface area contributed by atoms with Gasteiger partial charge in [-0.1, -0.05) is 11.6 Å². The Kier molecular flexibility index (Phi) is 2.52. The molecule has 0 radical (unpaired) electrons. The van der Waals surface area contributed by atoms with Gasteiger partial charge in [0.2, 0.25) is 0 Å². The van der Waals surface area contributed by atoms with Gasteiger partial charge in [-0.2, -0.15) is 5.10 Å². The minimum Gasteiger partial charge on any atom is -0.327 e. The molecule has 0 spiro atoms. The van der Waals surface area contributed by atoms with Crippen LogP contribution in [0.4, 0.5) is 0 Å². The number of aryl methyl sites for hydroxylation is 1. The molecule has 2 bridgehead atoms. The molecule has 4 nitrogen and oxygen atoms in total. The van der Waals surface area contributed by atoms with Crippen LogP contribution in [0.1, 0.15) is 29.8 Å². The Morgan fingerprint density at radius 3 is 2.76 bits per heavy atom. The summed E-state index contributed by atoms with van der Waals surface area (Å²) in [5.41, 5.74) is 6.69. The maximum Gasteiger partial charge on any atom is 0.187 e. The Labute approximate surface area is 105 Å². The summed E-state index contributed by atoms with van der Waals surface area (Å²) in [6, 6.07) is 0.00668. The molecule has 4 unspecified atom stereocenters. The number of nitrogens with two attached hydrogens (primary N) is 1. The van der Waals surface area contributed by atoms with Crippen LogP contribution in [-0.4, -0.2) is 21.6 Å². The second kappa shape index (κ2) is 3.82. The monoisotopic (exact) mass is 253 g/mol. The first kappa shape index (κ1) is 11.2. The summed E-state index contributed by atoms with van der Waals surface area (Å²) in [6.07, 6.45) is 4.93. The first-order valence-electron chi connectivity index (χ1n) is 6.07. The van der Waals surface area contributed by atoms with Crippen molar-refractivity contribution in [1.29, 1.82) is 0 Å². The lowest BCUT2D eigenvalue weighted by Crippen LogP contribution is -2.40. The van der Waals surface area contributed by atoms with Crippen molar-refractivity contribution in [3.63, 3.8) is 0 Å². The van der Waals surface area contributed by atoms with Crippen molar-refractivity contribution in [2.75, 3.05) is 0 Å². The van der Waals surface area contributed by atoms with Gasteiger partial charge in [-0.05, 0) is 31.1 Å². The number of hydrogen-bond donors (Lipinski definition) is 1. The Balaban J connectivity index is 1.93. The van der Waals surface area contributed by atoms with Crippen LogP contribution in [0.3, 0.4) is 0 Å². The van der Waals surface area contributed by atoms with Gasteiger partial charge in [0.05, 0.1) is 11.2 Å². The van der Waals surface area contributed by atoms with E-state index in [-0.39, 0.29) is 17.7 Å². The highest BCUT2D eigenvalue weighted by Gasteiger charge is 2.49. The lowest BCUT2D eigenvalue weighted by Gasteiger charge is -2.26. The van der Waals surface area contributed by atoms with Crippen LogP contribution < -0.4 is 5.73 Å². The minimum absolute atomic E-state index is 0.00668. The van der Waals surface area contributed by atoms with E-state index in [1.165, 1.54) is 12.6 Å². The van der Waals surface area contributed by atoms with Crippen LogP contribution in [0.15, 0.2) is 6.20 Å². The lowest BCUT2D eigenvalue weighted by atomic mass is 9.81. The summed E-state index contributed by atoms with van der Waals surface area (Å²) in [6.45, 7) is 0. The number of ketones is 1. The zero-order chi connectivity index (χ0) is 12.2. The predicted molar refractivity (Wildman–Crippen MR) is 64.8 cm³/mol. The van der Waals surface area contributed by atoms with Crippen molar-refractivity contribution < 1.29 is 4.79 Å². The molecular weight excluding hydrogens is 238 g/mol. The van der Waals surface area contributed by atoms with E-state index < -0.39 is 0 Å². The lowest BCUT2D eigenvalue weighted by molar-refractivity contribution is 0.0846. The smallest absolute Gasteiger partial charge is 0.187 e. The van der Waals surface area contributed by atoms with E-state index in [9.17, 15) is 4.79 Å². The number of aromatic nitrogens is 2. The van der Waals surface area contributed by atoms with Gasteiger partial charge in [-0.25, -0.2) is 0 Å². The maximum absolute atomic E-state index is 12.5. The minimum atomic E-state index is -0.0540. The molecule has 0 aliphatic heterocycles. The van der Waals surface area contributed by atoms with Crippen molar-refractivity contribution in [2.45, 2.75) is 25.3 Å². The average molecular weight is 254 g/mol. The number of Topliss-reactive ketones (excluding diaryl/α,β-unsaturated/α-hetero) is 1. The van der Waals surface area contributed by atoms with E-state index in [1.54, 1.807) is 11.7 Å². The summed E-state index contributed by atoms with van der Waals surface area (Å²) in [7, 11) is 1.75.